The predicted molar refractivity (Wildman–Crippen MR) is 104 cm³/mol. The molecular formula is C21H21N3O3. The number of nitrogens with one attached hydrogen (secondary N) is 2. The predicted octanol–water partition coefficient (Wildman–Crippen LogP) is 4.00. The number of nitriles is 1. The van der Waals surface area contributed by atoms with Crippen molar-refractivity contribution in [3.63, 3.8) is 0 Å². The van der Waals surface area contributed by atoms with Crippen molar-refractivity contribution in [2.24, 2.45) is 0 Å². The van der Waals surface area contributed by atoms with E-state index in [9.17, 15) is 10.1 Å². The standard InChI is InChI=1S/C21H21N3O3/c1-3-14-6-5-7-15(4-2)20(14)24-21(25)16(11-22)12-23-17-8-9-18-19(10-17)27-13-26-18/h5-10,12,23H,3-4,13H2,1-2H3,(H,24,25)/b16-12-. The lowest BCUT2D eigenvalue weighted by atomic mass is 10.0. The number of rotatable bonds is 6. The van der Waals surface area contributed by atoms with E-state index >= 15 is 0 Å². The van der Waals surface area contributed by atoms with Gasteiger partial charge in [-0.2, -0.15) is 5.26 Å². The molecule has 0 atom stereocenters. The van der Waals surface area contributed by atoms with Crippen LogP contribution in [0, 0.1) is 11.3 Å². The molecule has 27 heavy (non-hydrogen) atoms. The topological polar surface area (TPSA) is 83.4 Å². The molecule has 2 N–H and O–H groups in total. The van der Waals surface area contributed by atoms with Gasteiger partial charge in [-0.15, -0.1) is 0 Å². The van der Waals surface area contributed by atoms with Crippen LogP contribution >= 0.6 is 0 Å². The van der Waals surface area contributed by atoms with E-state index in [2.05, 4.69) is 10.6 Å². The van der Waals surface area contributed by atoms with Gasteiger partial charge in [0, 0.05) is 23.6 Å². The molecule has 2 aromatic carbocycles. The van der Waals surface area contributed by atoms with E-state index < -0.39 is 5.91 Å². The Bertz CT molecular complexity index is 907. The summed E-state index contributed by atoms with van der Waals surface area (Å²) in [4.78, 5) is 12.6. The maximum Gasteiger partial charge on any atom is 0.267 e. The zero-order valence-corrected chi connectivity index (χ0v) is 15.3. The summed E-state index contributed by atoms with van der Waals surface area (Å²) in [6, 6.07) is 13.2. The summed E-state index contributed by atoms with van der Waals surface area (Å²) in [5, 5.41) is 15.3. The van der Waals surface area contributed by atoms with Crippen LogP contribution in [0.5, 0.6) is 11.5 Å². The van der Waals surface area contributed by atoms with Gasteiger partial charge in [-0.1, -0.05) is 32.0 Å². The Morgan fingerprint density at radius 3 is 2.52 bits per heavy atom. The third-order valence-corrected chi connectivity index (χ3v) is 4.36. The molecule has 0 aromatic heterocycles. The summed E-state index contributed by atoms with van der Waals surface area (Å²) < 4.78 is 10.6. The first kappa shape index (κ1) is 18.3. The second-order valence-electron chi connectivity index (χ2n) is 5.99. The van der Waals surface area contributed by atoms with E-state index in [4.69, 9.17) is 9.47 Å². The molecule has 6 nitrogen and oxygen atoms in total. The van der Waals surface area contributed by atoms with Crippen LogP contribution in [0.4, 0.5) is 11.4 Å². The number of anilines is 2. The first-order valence-corrected chi connectivity index (χ1v) is 8.84. The van der Waals surface area contributed by atoms with Crippen LogP contribution in [0.1, 0.15) is 25.0 Å². The quantitative estimate of drug-likeness (QED) is 0.599. The number of hydrogen-bond acceptors (Lipinski definition) is 5. The third kappa shape index (κ3) is 4.04. The second-order valence-corrected chi connectivity index (χ2v) is 5.99. The number of ether oxygens (including phenoxy) is 2. The minimum Gasteiger partial charge on any atom is -0.454 e. The summed E-state index contributed by atoms with van der Waals surface area (Å²) in [6.45, 7) is 4.26. The minimum absolute atomic E-state index is 0.0133. The average molecular weight is 363 g/mol. The monoisotopic (exact) mass is 363 g/mol. The van der Waals surface area contributed by atoms with Crippen LogP contribution in [0.2, 0.25) is 0 Å². The number of aryl methyl sites for hydroxylation is 2. The molecule has 0 radical (unpaired) electrons. The number of hydrogen-bond donors (Lipinski definition) is 2. The van der Waals surface area contributed by atoms with E-state index in [0.717, 1.165) is 29.7 Å². The lowest BCUT2D eigenvalue weighted by Crippen LogP contribution is -2.17. The van der Waals surface area contributed by atoms with Crippen LogP contribution in [-0.2, 0) is 17.6 Å². The molecule has 1 heterocycles. The van der Waals surface area contributed by atoms with Crippen molar-refractivity contribution >= 4 is 17.3 Å². The Hall–Kier alpha value is -3.46. The number of nitrogens with zero attached hydrogens (tertiary/aromatic N) is 1. The van der Waals surface area contributed by atoms with Gasteiger partial charge in [0.05, 0.1) is 0 Å². The molecule has 0 fully saturated rings. The van der Waals surface area contributed by atoms with Crippen LogP contribution in [-0.4, -0.2) is 12.7 Å². The molecule has 0 saturated carbocycles. The largest absolute Gasteiger partial charge is 0.454 e. The fraction of sp³-hybridized carbons (Fsp3) is 0.238. The van der Waals surface area contributed by atoms with E-state index in [0.29, 0.717) is 17.2 Å². The highest BCUT2D eigenvalue weighted by Crippen LogP contribution is 2.34. The number of carbonyl (C=O) groups is 1. The Labute approximate surface area is 158 Å². The van der Waals surface area contributed by atoms with Crippen LogP contribution in [0.3, 0.4) is 0 Å². The van der Waals surface area contributed by atoms with Gasteiger partial charge in [-0.25, -0.2) is 0 Å². The minimum atomic E-state index is -0.443. The van der Waals surface area contributed by atoms with Gasteiger partial charge in [0.2, 0.25) is 6.79 Å². The summed E-state index contributed by atoms with van der Waals surface area (Å²) in [5.41, 5.74) is 3.56. The lowest BCUT2D eigenvalue weighted by molar-refractivity contribution is -0.112. The highest BCUT2D eigenvalue weighted by molar-refractivity contribution is 6.07. The molecule has 6 heteroatoms. The number of benzene rings is 2. The fourth-order valence-electron chi connectivity index (χ4n) is 2.87. The van der Waals surface area contributed by atoms with Gasteiger partial charge in [-0.3, -0.25) is 4.79 Å². The molecule has 1 amide bonds. The van der Waals surface area contributed by atoms with Crippen molar-refractivity contribution in [3.8, 4) is 17.6 Å². The molecule has 138 valence electrons. The van der Waals surface area contributed by atoms with Gasteiger partial charge < -0.3 is 20.1 Å². The third-order valence-electron chi connectivity index (χ3n) is 4.36. The van der Waals surface area contributed by atoms with Crippen molar-refractivity contribution in [1.29, 1.82) is 5.26 Å². The van der Waals surface area contributed by atoms with Crippen molar-refractivity contribution in [3.05, 3.63) is 59.3 Å². The zero-order chi connectivity index (χ0) is 19.2. The van der Waals surface area contributed by atoms with Gasteiger partial charge >= 0.3 is 0 Å². The Balaban J connectivity index is 1.77. The molecule has 0 saturated heterocycles. The molecule has 0 bridgehead atoms. The maximum absolute atomic E-state index is 12.6. The number of amides is 1. The Morgan fingerprint density at radius 1 is 1.15 bits per heavy atom. The second kappa shape index (κ2) is 8.28. The summed E-state index contributed by atoms with van der Waals surface area (Å²) in [5.74, 6) is 0.855. The molecular weight excluding hydrogens is 342 g/mol. The van der Waals surface area contributed by atoms with E-state index in [1.165, 1.54) is 6.20 Å². The van der Waals surface area contributed by atoms with Gasteiger partial charge in [0.15, 0.2) is 11.5 Å². The van der Waals surface area contributed by atoms with Crippen LogP contribution in [0.25, 0.3) is 0 Å². The molecule has 1 aliphatic heterocycles. The maximum atomic E-state index is 12.6. The number of fused-ring (bicyclic) bond motifs is 1. The SMILES string of the molecule is CCc1cccc(CC)c1NC(=O)/C(C#N)=C\Nc1ccc2c(c1)OCO2. The van der Waals surface area contributed by atoms with E-state index in [1.807, 2.05) is 38.1 Å². The molecule has 3 rings (SSSR count). The van der Waals surface area contributed by atoms with Crippen molar-refractivity contribution in [2.45, 2.75) is 26.7 Å². The highest BCUT2D eigenvalue weighted by atomic mass is 16.7. The normalized spacial score (nSPS) is 12.4. The molecule has 0 aliphatic carbocycles. The van der Waals surface area contributed by atoms with Gasteiger partial charge in [0.25, 0.3) is 5.91 Å². The van der Waals surface area contributed by atoms with E-state index in [-0.39, 0.29) is 12.4 Å². The van der Waals surface area contributed by atoms with E-state index in [1.54, 1.807) is 18.2 Å². The van der Waals surface area contributed by atoms with Crippen LogP contribution in [0.15, 0.2) is 48.2 Å². The van der Waals surface area contributed by atoms with Crippen molar-refractivity contribution in [2.75, 3.05) is 17.4 Å². The number of carbonyl (C=O) groups excluding carboxylic acids is 1. The molecule has 0 spiro atoms. The molecule has 0 unspecified atom stereocenters. The molecule has 1 aliphatic rings. The van der Waals surface area contributed by atoms with Gasteiger partial charge in [0.1, 0.15) is 11.6 Å². The van der Waals surface area contributed by atoms with Gasteiger partial charge in [-0.05, 0) is 36.1 Å². The zero-order valence-electron chi connectivity index (χ0n) is 15.3. The highest BCUT2D eigenvalue weighted by Gasteiger charge is 2.15. The summed E-state index contributed by atoms with van der Waals surface area (Å²) in [7, 11) is 0. The smallest absolute Gasteiger partial charge is 0.267 e. The number of para-hydroxylation sites is 1. The first-order valence-electron chi connectivity index (χ1n) is 8.84. The molecule has 2 aromatic rings. The van der Waals surface area contributed by atoms with Crippen molar-refractivity contribution < 1.29 is 14.3 Å². The Morgan fingerprint density at radius 2 is 1.85 bits per heavy atom. The van der Waals surface area contributed by atoms with Crippen molar-refractivity contribution in [1.82, 2.24) is 0 Å². The fourth-order valence-corrected chi connectivity index (χ4v) is 2.87. The average Bonchev–Trinajstić information content (AvgIpc) is 3.16. The van der Waals surface area contributed by atoms with Crippen LogP contribution < -0.4 is 20.1 Å². The lowest BCUT2D eigenvalue weighted by Gasteiger charge is -2.14. The summed E-state index contributed by atoms with van der Waals surface area (Å²) in [6.07, 6.45) is 2.99. The Kier molecular flexibility index (Phi) is 5.62. The first-order chi connectivity index (χ1) is 13.2. The summed E-state index contributed by atoms with van der Waals surface area (Å²) >= 11 is 0.